The van der Waals surface area contributed by atoms with E-state index in [9.17, 15) is 14.4 Å². The lowest BCUT2D eigenvalue weighted by atomic mass is 9.85. The van der Waals surface area contributed by atoms with Gasteiger partial charge in [-0.1, -0.05) is 36.8 Å². The number of hydrogen-bond acceptors (Lipinski definition) is 8. The number of pyridine rings is 3. The van der Waals surface area contributed by atoms with Crippen LogP contribution in [0.15, 0.2) is 90.2 Å². The monoisotopic (exact) mass is 728 g/mol. The zero-order valence-corrected chi connectivity index (χ0v) is 30.0. The van der Waals surface area contributed by atoms with E-state index >= 15 is 4.39 Å². The highest BCUT2D eigenvalue weighted by Gasteiger charge is 2.34. The van der Waals surface area contributed by atoms with Crippen molar-refractivity contribution < 1.29 is 23.5 Å². The lowest BCUT2D eigenvalue weighted by Crippen LogP contribution is -2.40. The number of nitrogens with two attached hydrogens (primary N) is 1. The minimum atomic E-state index is -0.637. The van der Waals surface area contributed by atoms with Gasteiger partial charge in [0.2, 0.25) is 5.43 Å². The molecule has 2 saturated heterocycles. The van der Waals surface area contributed by atoms with Crippen LogP contribution in [0.2, 0.25) is 0 Å². The van der Waals surface area contributed by atoms with E-state index in [0.29, 0.717) is 67.9 Å². The summed E-state index contributed by atoms with van der Waals surface area (Å²) in [5, 5.41) is 2.72. The molecule has 276 valence electrons. The van der Waals surface area contributed by atoms with Crippen LogP contribution < -0.4 is 16.5 Å². The molecule has 0 bridgehead atoms. The van der Waals surface area contributed by atoms with Gasteiger partial charge >= 0.3 is 6.09 Å². The Morgan fingerprint density at radius 3 is 2.41 bits per heavy atom. The smallest absolute Gasteiger partial charge is 0.410 e. The van der Waals surface area contributed by atoms with Gasteiger partial charge in [0.05, 0.1) is 31.0 Å². The van der Waals surface area contributed by atoms with Crippen LogP contribution in [0.5, 0.6) is 0 Å². The van der Waals surface area contributed by atoms with Crippen molar-refractivity contribution >= 4 is 23.5 Å². The molecule has 0 spiro atoms. The minimum absolute atomic E-state index is 0.0449. The SMILES string of the molecule is Cc1ccc(-c2cn(CC3CCC3)cc(C(=O)Nc3ccc(-c4cc(-c5ccc(C[C@@H]6CN(CC7COC7)C(=O)O6)cc5)cnc4N)c(F)c3)c2=O)nc1. The van der Waals surface area contributed by atoms with Crippen molar-refractivity contribution in [2.24, 2.45) is 11.8 Å². The van der Waals surface area contributed by atoms with Gasteiger partial charge in [-0.25, -0.2) is 14.2 Å². The zero-order chi connectivity index (χ0) is 37.3. The molecule has 0 unspecified atom stereocenters. The van der Waals surface area contributed by atoms with Crippen molar-refractivity contribution in [3.05, 3.63) is 118 Å². The maximum Gasteiger partial charge on any atom is 0.410 e. The summed E-state index contributed by atoms with van der Waals surface area (Å²) in [5.74, 6) is -0.237. The molecular weight excluding hydrogens is 687 g/mol. The first-order valence-corrected chi connectivity index (χ1v) is 18.3. The quantitative estimate of drug-likeness (QED) is 0.153. The molecular formula is C42H41FN6O5. The summed E-state index contributed by atoms with van der Waals surface area (Å²) in [6, 6.07) is 17.6. The van der Waals surface area contributed by atoms with Gasteiger partial charge in [0.25, 0.3) is 5.91 Å². The third-order valence-corrected chi connectivity index (χ3v) is 10.5. The Kier molecular flexibility index (Phi) is 9.68. The lowest BCUT2D eigenvalue weighted by molar-refractivity contribution is -0.0406. The van der Waals surface area contributed by atoms with E-state index in [1.807, 2.05) is 41.8 Å². The molecule has 11 nitrogen and oxygen atoms in total. The van der Waals surface area contributed by atoms with Crippen molar-refractivity contribution in [3.63, 3.8) is 0 Å². The van der Waals surface area contributed by atoms with Gasteiger partial charge in [-0.3, -0.25) is 14.6 Å². The molecule has 0 radical (unpaired) electrons. The van der Waals surface area contributed by atoms with Crippen molar-refractivity contribution in [2.75, 3.05) is 37.4 Å². The fourth-order valence-corrected chi connectivity index (χ4v) is 7.17. The molecule has 3 aromatic heterocycles. The van der Waals surface area contributed by atoms with Gasteiger partial charge in [-0.2, -0.15) is 0 Å². The second-order valence-electron chi connectivity index (χ2n) is 14.7. The fourth-order valence-electron chi connectivity index (χ4n) is 7.17. The number of rotatable bonds is 11. The number of anilines is 2. The zero-order valence-electron chi connectivity index (χ0n) is 30.0. The highest BCUT2D eigenvalue weighted by molar-refractivity contribution is 6.04. The molecule has 3 aliphatic rings. The van der Waals surface area contributed by atoms with E-state index in [2.05, 4.69) is 15.3 Å². The first-order valence-electron chi connectivity index (χ1n) is 18.3. The Labute approximate surface area is 312 Å². The van der Waals surface area contributed by atoms with Crippen LogP contribution in [-0.2, 0) is 22.4 Å². The Balaban J connectivity index is 0.976. The summed E-state index contributed by atoms with van der Waals surface area (Å²) in [5.41, 5.74) is 11.0. The number of halogens is 1. The molecule has 8 rings (SSSR count). The van der Waals surface area contributed by atoms with Crippen LogP contribution in [0.25, 0.3) is 33.5 Å². The third-order valence-electron chi connectivity index (χ3n) is 10.5. The number of carbonyl (C=O) groups is 2. The Hall–Kier alpha value is -5.88. The van der Waals surface area contributed by atoms with E-state index < -0.39 is 17.2 Å². The van der Waals surface area contributed by atoms with Gasteiger partial charge in [0, 0.05) is 72.6 Å². The molecule has 12 heteroatoms. The van der Waals surface area contributed by atoms with E-state index in [-0.39, 0.29) is 34.8 Å². The predicted octanol–water partition coefficient (Wildman–Crippen LogP) is 6.73. The maximum absolute atomic E-state index is 15.8. The molecule has 2 aromatic carbocycles. The van der Waals surface area contributed by atoms with Crippen LogP contribution >= 0.6 is 0 Å². The maximum atomic E-state index is 15.8. The number of amides is 2. The number of hydrogen-bond donors (Lipinski definition) is 2. The molecule has 5 aromatic rings. The Morgan fingerprint density at radius 1 is 0.907 bits per heavy atom. The summed E-state index contributed by atoms with van der Waals surface area (Å²) < 4.78 is 28.5. The number of aromatic nitrogens is 3. The van der Waals surface area contributed by atoms with Crippen molar-refractivity contribution in [2.45, 2.75) is 45.3 Å². The van der Waals surface area contributed by atoms with E-state index in [4.69, 9.17) is 15.2 Å². The second kappa shape index (κ2) is 14.9. The molecule has 2 amide bonds. The highest BCUT2D eigenvalue weighted by Crippen LogP contribution is 2.33. The first kappa shape index (κ1) is 35.2. The van der Waals surface area contributed by atoms with Crippen LogP contribution in [0.3, 0.4) is 0 Å². The predicted molar refractivity (Wildman–Crippen MR) is 203 cm³/mol. The number of benzene rings is 2. The number of carbonyl (C=O) groups excluding carboxylic acids is 2. The van der Waals surface area contributed by atoms with Crippen LogP contribution in [0.1, 0.15) is 40.7 Å². The van der Waals surface area contributed by atoms with Gasteiger partial charge in [-0.05, 0) is 72.7 Å². The molecule has 1 aliphatic carbocycles. The number of nitrogen functional groups attached to an aromatic ring is 1. The van der Waals surface area contributed by atoms with E-state index in [1.54, 1.807) is 47.9 Å². The number of nitrogens with zero attached hydrogens (tertiary/aromatic N) is 4. The normalized spacial score (nSPS) is 17.2. The summed E-state index contributed by atoms with van der Waals surface area (Å²) in [4.78, 5) is 50.1. The van der Waals surface area contributed by atoms with Crippen molar-refractivity contribution in [1.82, 2.24) is 19.4 Å². The van der Waals surface area contributed by atoms with Crippen LogP contribution in [0.4, 0.5) is 20.7 Å². The number of cyclic esters (lactones) is 1. The van der Waals surface area contributed by atoms with E-state index in [0.717, 1.165) is 35.1 Å². The van der Waals surface area contributed by atoms with Crippen LogP contribution in [0, 0.1) is 24.6 Å². The second-order valence-corrected chi connectivity index (χ2v) is 14.7. The van der Waals surface area contributed by atoms with Crippen LogP contribution in [-0.4, -0.2) is 63.8 Å². The van der Waals surface area contributed by atoms with Gasteiger partial charge in [-0.15, -0.1) is 0 Å². The average molecular weight is 729 g/mol. The summed E-state index contributed by atoms with van der Waals surface area (Å²) >= 11 is 0. The molecule has 3 N–H and O–H groups in total. The molecule has 3 fully saturated rings. The summed E-state index contributed by atoms with van der Waals surface area (Å²) in [6.45, 7) is 5.18. The Bertz CT molecular complexity index is 2270. The number of aryl methyl sites for hydroxylation is 1. The number of ether oxygens (including phenoxy) is 2. The summed E-state index contributed by atoms with van der Waals surface area (Å²) in [7, 11) is 0. The largest absolute Gasteiger partial charge is 0.444 e. The molecule has 1 saturated carbocycles. The third kappa shape index (κ3) is 7.47. The molecule has 1 atom stereocenters. The average Bonchev–Trinajstić information content (AvgIpc) is 3.47. The topological polar surface area (TPSA) is 142 Å². The highest BCUT2D eigenvalue weighted by atomic mass is 19.1. The van der Waals surface area contributed by atoms with Gasteiger partial charge in [0.1, 0.15) is 23.3 Å². The lowest BCUT2D eigenvalue weighted by Gasteiger charge is -2.28. The molecule has 54 heavy (non-hydrogen) atoms. The van der Waals surface area contributed by atoms with Crippen molar-refractivity contribution in [1.29, 1.82) is 0 Å². The Morgan fingerprint density at radius 2 is 1.72 bits per heavy atom. The van der Waals surface area contributed by atoms with Crippen molar-refractivity contribution in [3.8, 4) is 33.5 Å². The first-order chi connectivity index (χ1) is 26.2. The fraction of sp³-hybridized carbons (Fsp3) is 0.310. The minimum Gasteiger partial charge on any atom is -0.444 e. The number of nitrogens with one attached hydrogen (secondary N) is 1. The van der Waals surface area contributed by atoms with E-state index in [1.165, 1.54) is 18.6 Å². The summed E-state index contributed by atoms with van der Waals surface area (Å²) in [6.07, 6.45) is 10.1. The molecule has 5 heterocycles. The van der Waals surface area contributed by atoms with Gasteiger partial charge in [0.15, 0.2) is 0 Å². The van der Waals surface area contributed by atoms with Gasteiger partial charge < -0.3 is 30.0 Å². The standard InChI is InChI=1S/C42H41FN6O5/c1-25-5-12-38(45-16-25)35-21-48(18-27-3-2-4-27)22-36(39(35)50)41(51)47-31-10-11-33(37(43)15-31)34-14-30(17-46-40(34)44)29-8-6-26(7-9-29)13-32-20-49(42(52)54-32)19-28-23-53-24-28/h5-12,14-17,21-22,27-28,32H,2-4,13,18-20,23-24H2,1H3,(H2,44,46)(H,47,51)/t32-/m1/s1. The molecule has 2 aliphatic heterocycles.